The van der Waals surface area contributed by atoms with E-state index in [4.69, 9.17) is 18.3 Å². The van der Waals surface area contributed by atoms with E-state index in [0.717, 1.165) is 31.2 Å². The van der Waals surface area contributed by atoms with E-state index in [1.807, 2.05) is 12.1 Å². The van der Waals surface area contributed by atoms with Crippen molar-refractivity contribution in [2.75, 3.05) is 6.79 Å². The normalized spacial score (nSPS) is 16.1. The Morgan fingerprint density at radius 2 is 1.78 bits per heavy atom. The highest BCUT2D eigenvalue weighted by atomic mass is 16.7. The summed E-state index contributed by atoms with van der Waals surface area (Å²) in [6, 6.07) is 11.3. The summed E-state index contributed by atoms with van der Waals surface area (Å²) in [5.41, 5.74) is 0.791. The number of carbonyl (C=O) groups is 2. The number of fused-ring (bicyclic) bond motifs is 1. The fourth-order valence-electron chi connectivity index (χ4n) is 4.28. The number of carbonyl (C=O) groups excluding carboxylic acids is 2. The molecule has 3 heterocycles. The number of nitrogens with zero attached hydrogens (tertiary/aromatic N) is 1. The summed E-state index contributed by atoms with van der Waals surface area (Å²) < 4.78 is 21.8. The van der Waals surface area contributed by atoms with Crippen LogP contribution in [0.2, 0.25) is 0 Å². The van der Waals surface area contributed by atoms with E-state index >= 15 is 0 Å². The standard InChI is InChI=1S/C24H24N2O6/c27-23(25-17-5-1-2-6-17)22(19-7-3-11-29-19)26(24(28)20-8-4-12-30-20)14-16-9-10-18-21(13-16)32-15-31-18/h3-4,7-13,17,22H,1-2,5-6,14-15H2,(H,25,27). The first-order valence-corrected chi connectivity index (χ1v) is 10.8. The van der Waals surface area contributed by atoms with Gasteiger partial charge < -0.3 is 28.5 Å². The Bertz CT molecular complexity index is 1070. The molecule has 8 nitrogen and oxygen atoms in total. The molecule has 2 aromatic heterocycles. The van der Waals surface area contributed by atoms with E-state index in [1.165, 1.54) is 17.4 Å². The fraction of sp³-hybridized carbons (Fsp3) is 0.333. The van der Waals surface area contributed by atoms with Crippen molar-refractivity contribution in [1.82, 2.24) is 10.2 Å². The van der Waals surface area contributed by atoms with Gasteiger partial charge >= 0.3 is 0 Å². The molecule has 32 heavy (non-hydrogen) atoms. The lowest BCUT2D eigenvalue weighted by atomic mass is 10.1. The SMILES string of the molecule is O=C(NC1CCCC1)C(c1ccco1)N(Cc1ccc2c(c1)OCO2)C(=O)c1ccco1. The second kappa shape index (κ2) is 8.82. The van der Waals surface area contributed by atoms with Gasteiger partial charge in [0, 0.05) is 12.6 Å². The number of rotatable bonds is 7. The lowest BCUT2D eigenvalue weighted by Gasteiger charge is -2.30. The predicted molar refractivity (Wildman–Crippen MR) is 113 cm³/mol. The number of hydrogen-bond donors (Lipinski definition) is 1. The van der Waals surface area contributed by atoms with Crippen LogP contribution in [0.5, 0.6) is 11.5 Å². The molecule has 0 radical (unpaired) electrons. The van der Waals surface area contributed by atoms with Crippen LogP contribution in [0.15, 0.2) is 63.8 Å². The summed E-state index contributed by atoms with van der Waals surface area (Å²) >= 11 is 0. The van der Waals surface area contributed by atoms with Crippen molar-refractivity contribution in [2.45, 2.75) is 44.3 Å². The molecule has 1 N–H and O–H groups in total. The summed E-state index contributed by atoms with van der Waals surface area (Å²) in [5, 5.41) is 3.11. The van der Waals surface area contributed by atoms with Crippen LogP contribution < -0.4 is 14.8 Å². The van der Waals surface area contributed by atoms with Crippen molar-refractivity contribution < 1.29 is 27.9 Å². The molecular formula is C24H24N2O6. The maximum atomic E-state index is 13.5. The summed E-state index contributed by atoms with van der Waals surface area (Å²) in [6.07, 6.45) is 6.98. The van der Waals surface area contributed by atoms with Gasteiger partial charge in [0.2, 0.25) is 6.79 Å². The molecule has 3 aromatic rings. The molecule has 0 bridgehead atoms. The molecule has 1 atom stereocenters. The summed E-state index contributed by atoms with van der Waals surface area (Å²) in [5.74, 6) is 1.12. The van der Waals surface area contributed by atoms with E-state index in [1.54, 1.807) is 30.3 Å². The number of ether oxygens (including phenoxy) is 2. The first kappa shape index (κ1) is 20.2. The molecule has 1 unspecified atom stereocenters. The fourth-order valence-corrected chi connectivity index (χ4v) is 4.28. The molecule has 0 spiro atoms. The third-order valence-corrected chi connectivity index (χ3v) is 5.86. The average Bonchev–Trinajstić information content (AvgIpc) is 3.61. The Morgan fingerprint density at radius 1 is 1.00 bits per heavy atom. The molecule has 8 heteroatoms. The van der Waals surface area contributed by atoms with Crippen LogP contribution in [-0.2, 0) is 11.3 Å². The van der Waals surface area contributed by atoms with E-state index in [0.29, 0.717) is 17.3 Å². The Balaban J connectivity index is 1.49. The zero-order valence-corrected chi connectivity index (χ0v) is 17.5. The summed E-state index contributed by atoms with van der Waals surface area (Å²) in [4.78, 5) is 28.4. The monoisotopic (exact) mass is 436 g/mol. The quantitative estimate of drug-likeness (QED) is 0.601. The van der Waals surface area contributed by atoms with Crippen molar-refractivity contribution in [3.63, 3.8) is 0 Å². The van der Waals surface area contributed by atoms with E-state index < -0.39 is 11.9 Å². The maximum Gasteiger partial charge on any atom is 0.290 e. The van der Waals surface area contributed by atoms with Gasteiger partial charge in [0.25, 0.3) is 11.8 Å². The third kappa shape index (κ3) is 4.08. The van der Waals surface area contributed by atoms with Crippen LogP contribution in [-0.4, -0.2) is 29.5 Å². The van der Waals surface area contributed by atoms with Crippen molar-refractivity contribution >= 4 is 11.8 Å². The molecular weight excluding hydrogens is 412 g/mol. The van der Waals surface area contributed by atoms with Crippen LogP contribution in [0.4, 0.5) is 0 Å². The third-order valence-electron chi connectivity index (χ3n) is 5.86. The van der Waals surface area contributed by atoms with Gasteiger partial charge in [-0.1, -0.05) is 18.9 Å². The van der Waals surface area contributed by atoms with Gasteiger partial charge in [-0.2, -0.15) is 0 Å². The van der Waals surface area contributed by atoms with Gasteiger partial charge in [0.1, 0.15) is 5.76 Å². The Kier molecular flexibility index (Phi) is 5.58. The molecule has 1 saturated carbocycles. The molecule has 1 fully saturated rings. The number of hydrogen-bond acceptors (Lipinski definition) is 6. The highest BCUT2D eigenvalue weighted by Crippen LogP contribution is 2.34. The minimum absolute atomic E-state index is 0.103. The van der Waals surface area contributed by atoms with Crippen LogP contribution in [0.1, 0.15) is 53.6 Å². The Morgan fingerprint density at radius 3 is 2.53 bits per heavy atom. The predicted octanol–water partition coefficient (Wildman–Crippen LogP) is 4.04. The van der Waals surface area contributed by atoms with Crippen LogP contribution >= 0.6 is 0 Å². The second-order valence-electron chi connectivity index (χ2n) is 8.01. The lowest BCUT2D eigenvalue weighted by molar-refractivity contribution is -0.127. The van der Waals surface area contributed by atoms with Crippen LogP contribution in [0.25, 0.3) is 0 Å². The zero-order valence-electron chi connectivity index (χ0n) is 17.5. The molecule has 2 amide bonds. The molecule has 1 aliphatic heterocycles. The zero-order chi connectivity index (χ0) is 21.9. The molecule has 0 saturated heterocycles. The van der Waals surface area contributed by atoms with Crippen LogP contribution in [0.3, 0.4) is 0 Å². The minimum atomic E-state index is -0.950. The Labute approximate surface area is 185 Å². The van der Waals surface area contributed by atoms with Gasteiger partial charge in [-0.25, -0.2) is 0 Å². The van der Waals surface area contributed by atoms with Crippen molar-refractivity contribution in [2.24, 2.45) is 0 Å². The van der Waals surface area contributed by atoms with Crippen molar-refractivity contribution in [1.29, 1.82) is 0 Å². The van der Waals surface area contributed by atoms with Gasteiger partial charge in [-0.05, 0) is 54.8 Å². The van der Waals surface area contributed by atoms with E-state index in [2.05, 4.69) is 5.32 Å². The molecule has 2 aliphatic rings. The molecule has 1 aliphatic carbocycles. The largest absolute Gasteiger partial charge is 0.467 e. The van der Waals surface area contributed by atoms with Gasteiger partial charge in [0.05, 0.1) is 12.5 Å². The van der Waals surface area contributed by atoms with Gasteiger partial charge in [-0.15, -0.1) is 0 Å². The Hall–Kier alpha value is -3.68. The topological polar surface area (TPSA) is 94.2 Å². The molecule has 5 rings (SSSR count). The summed E-state index contributed by atoms with van der Waals surface area (Å²) in [7, 11) is 0. The second-order valence-corrected chi connectivity index (χ2v) is 8.01. The van der Waals surface area contributed by atoms with E-state index in [-0.39, 0.29) is 31.0 Å². The number of amides is 2. The first-order valence-electron chi connectivity index (χ1n) is 10.8. The highest BCUT2D eigenvalue weighted by Gasteiger charge is 2.36. The molecule has 166 valence electrons. The first-order chi connectivity index (χ1) is 15.7. The van der Waals surface area contributed by atoms with Crippen molar-refractivity contribution in [3.05, 3.63) is 72.1 Å². The molecule has 1 aromatic carbocycles. The van der Waals surface area contributed by atoms with Crippen molar-refractivity contribution in [3.8, 4) is 11.5 Å². The van der Waals surface area contributed by atoms with Gasteiger partial charge in [-0.3, -0.25) is 9.59 Å². The number of furan rings is 2. The number of benzene rings is 1. The lowest BCUT2D eigenvalue weighted by Crippen LogP contribution is -2.45. The van der Waals surface area contributed by atoms with E-state index in [9.17, 15) is 9.59 Å². The van der Waals surface area contributed by atoms with Crippen LogP contribution in [0, 0.1) is 0 Å². The highest BCUT2D eigenvalue weighted by molar-refractivity contribution is 5.95. The smallest absolute Gasteiger partial charge is 0.290 e. The minimum Gasteiger partial charge on any atom is -0.467 e. The maximum absolute atomic E-state index is 13.5. The van der Waals surface area contributed by atoms with Gasteiger partial charge in [0.15, 0.2) is 23.3 Å². The summed E-state index contributed by atoms with van der Waals surface area (Å²) in [6.45, 7) is 0.312. The average molecular weight is 436 g/mol. The number of nitrogens with one attached hydrogen (secondary N) is 1.